The van der Waals surface area contributed by atoms with Crippen molar-refractivity contribution in [2.24, 2.45) is 0 Å². The predicted octanol–water partition coefficient (Wildman–Crippen LogP) is 3.23. The molecule has 0 radical (unpaired) electrons. The van der Waals surface area contributed by atoms with E-state index in [4.69, 9.17) is 9.15 Å². The van der Waals surface area contributed by atoms with E-state index in [1.54, 1.807) is 25.0 Å². The first-order chi connectivity index (χ1) is 16.0. The smallest absolute Gasteiger partial charge is 0.257 e. The normalized spacial score (nSPS) is 14.7. The third kappa shape index (κ3) is 7.30. The molecule has 1 fully saturated rings. The van der Waals surface area contributed by atoms with Gasteiger partial charge in [0.1, 0.15) is 11.5 Å². The number of furan rings is 1. The molecule has 7 heteroatoms. The molecule has 33 heavy (non-hydrogen) atoms. The fraction of sp³-hybridized carbons (Fsp3) is 0.462. The van der Waals surface area contributed by atoms with Gasteiger partial charge in [-0.2, -0.15) is 0 Å². The molecule has 178 valence electrons. The van der Waals surface area contributed by atoms with Crippen LogP contribution in [0.3, 0.4) is 0 Å². The first-order valence-electron chi connectivity index (χ1n) is 11.5. The minimum atomic E-state index is -0.121. The molecule has 0 aliphatic carbocycles. The molecule has 0 N–H and O–H groups in total. The van der Waals surface area contributed by atoms with Gasteiger partial charge in [-0.05, 0) is 25.5 Å². The van der Waals surface area contributed by atoms with Crippen LogP contribution in [0.15, 0.2) is 46.9 Å². The second-order valence-electron chi connectivity index (χ2n) is 8.36. The number of hydrogen-bond acceptors (Lipinski definition) is 5. The lowest BCUT2D eigenvalue weighted by Crippen LogP contribution is -2.49. The molecular weight excluding hydrogens is 418 g/mol. The first-order valence-corrected chi connectivity index (χ1v) is 11.5. The molecule has 0 atom stereocenters. The molecule has 1 saturated heterocycles. The first kappa shape index (κ1) is 24.7. The van der Waals surface area contributed by atoms with Gasteiger partial charge in [-0.15, -0.1) is 0 Å². The SMILES string of the molecule is COCCN(CCC(=O)N1CCN(C/C=C/c2ccccc2)CC1)C(=O)c1cc(C)oc1C. The molecule has 2 heterocycles. The average molecular weight is 454 g/mol. The Morgan fingerprint density at radius 2 is 1.82 bits per heavy atom. The van der Waals surface area contributed by atoms with Gasteiger partial charge in [0, 0.05) is 59.3 Å². The highest BCUT2D eigenvalue weighted by Gasteiger charge is 2.24. The largest absolute Gasteiger partial charge is 0.466 e. The number of piperazine rings is 1. The van der Waals surface area contributed by atoms with Crippen molar-refractivity contribution in [1.82, 2.24) is 14.7 Å². The van der Waals surface area contributed by atoms with E-state index < -0.39 is 0 Å². The van der Waals surface area contributed by atoms with Gasteiger partial charge in [0.2, 0.25) is 5.91 Å². The maximum Gasteiger partial charge on any atom is 0.257 e. The molecule has 0 bridgehead atoms. The molecule has 7 nitrogen and oxygen atoms in total. The number of carbonyl (C=O) groups is 2. The van der Waals surface area contributed by atoms with E-state index in [0.717, 1.165) is 19.6 Å². The third-order valence-corrected chi connectivity index (χ3v) is 5.92. The van der Waals surface area contributed by atoms with Crippen LogP contribution in [0.25, 0.3) is 6.08 Å². The Morgan fingerprint density at radius 1 is 1.09 bits per heavy atom. The monoisotopic (exact) mass is 453 g/mol. The van der Waals surface area contributed by atoms with Crippen molar-refractivity contribution < 1.29 is 18.7 Å². The fourth-order valence-corrected chi connectivity index (χ4v) is 4.00. The summed E-state index contributed by atoms with van der Waals surface area (Å²) in [5.41, 5.74) is 1.74. The maximum absolute atomic E-state index is 13.0. The molecule has 0 spiro atoms. The second-order valence-corrected chi connectivity index (χ2v) is 8.36. The maximum atomic E-state index is 13.0. The van der Waals surface area contributed by atoms with Gasteiger partial charge >= 0.3 is 0 Å². The van der Waals surface area contributed by atoms with Crippen LogP contribution in [0.2, 0.25) is 0 Å². The number of amides is 2. The van der Waals surface area contributed by atoms with Crippen molar-refractivity contribution in [3.8, 4) is 0 Å². The van der Waals surface area contributed by atoms with Crippen LogP contribution in [-0.4, -0.2) is 86.0 Å². The number of rotatable bonds is 10. The highest BCUT2D eigenvalue weighted by molar-refractivity contribution is 5.95. The summed E-state index contributed by atoms with van der Waals surface area (Å²) in [4.78, 5) is 31.7. The van der Waals surface area contributed by atoms with Crippen molar-refractivity contribution in [1.29, 1.82) is 0 Å². The summed E-state index contributed by atoms with van der Waals surface area (Å²) in [6.07, 6.45) is 4.61. The Hall–Kier alpha value is -2.90. The molecule has 1 aromatic carbocycles. The van der Waals surface area contributed by atoms with Crippen LogP contribution in [0.5, 0.6) is 0 Å². The van der Waals surface area contributed by atoms with Gasteiger partial charge in [0.25, 0.3) is 5.91 Å². The van der Waals surface area contributed by atoms with Crippen LogP contribution in [0.4, 0.5) is 0 Å². The fourth-order valence-electron chi connectivity index (χ4n) is 4.00. The van der Waals surface area contributed by atoms with E-state index in [1.165, 1.54) is 5.56 Å². The lowest BCUT2D eigenvalue weighted by Gasteiger charge is -2.34. The number of carbonyl (C=O) groups excluding carboxylic acids is 2. The van der Waals surface area contributed by atoms with Crippen LogP contribution < -0.4 is 0 Å². The Morgan fingerprint density at radius 3 is 2.45 bits per heavy atom. The van der Waals surface area contributed by atoms with Crippen molar-refractivity contribution in [2.75, 3.05) is 59.5 Å². The summed E-state index contributed by atoms with van der Waals surface area (Å²) in [5.74, 6) is 1.27. The van der Waals surface area contributed by atoms with E-state index in [1.807, 2.05) is 30.0 Å². The molecule has 2 aromatic rings. The van der Waals surface area contributed by atoms with Crippen molar-refractivity contribution >= 4 is 17.9 Å². The number of nitrogens with zero attached hydrogens (tertiary/aromatic N) is 3. The number of hydrogen-bond donors (Lipinski definition) is 0. The molecule has 0 saturated carbocycles. The summed E-state index contributed by atoms with van der Waals surface area (Å²) in [5, 5.41) is 0. The zero-order valence-corrected chi connectivity index (χ0v) is 20.0. The summed E-state index contributed by atoms with van der Waals surface area (Å²) in [6, 6.07) is 12.0. The lowest BCUT2D eigenvalue weighted by atomic mass is 10.2. The molecule has 1 aliphatic heterocycles. The predicted molar refractivity (Wildman–Crippen MR) is 129 cm³/mol. The van der Waals surface area contributed by atoms with Gasteiger partial charge in [0.05, 0.1) is 12.2 Å². The quantitative estimate of drug-likeness (QED) is 0.553. The molecular formula is C26H35N3O4. The molecule has 3 rings (SSSR count). The number of ether oxygens (including phenoxy) is 1. The highest BCUT2D eigenvalue weighted by atomic mass is 16.5. The molecule has 1 aliphatic rings. The molecule has 1 aromatic heterocycles. The van der Waals surface area contributed by atoms with Crippen LogP contribution in [-0.2, 0) is 9.53 Å². The Bertz CT molecular complexity index is 930. The van der Waals surface area contributed by atoms with E-state index in [9.17, 15) is 9.59 Å². The van der Waals surface area contributed by atoms with Crippen LogP contribution in [0.1, 0.15) is 33.9 Å². The Kier molecular flexibility index (Phi) is 9.27. The number of benzene rings is 1. The van der Waals surface area contributed by atoms with Gasteiger partial charge in [-0.25, -0.2) is 0 Å². The summed E-state index contributed by atoms with van der Waals surface area (Å²) < 4.78 is 10.7. The average Bonchev–Trinajstić information content (AvgIpc) is 3.17. The number of methoxy groups -OCH3 is 1. The minimum Gasteiger partial charge on any atom is -0.466 e. The third-order valence-electron chi connectivity index (χ3n) is 5.92. The second kappa shape index (κ2) is 12.4. The van der Waals surface area contributed by atoms with Gasteiger partial charge < -0.3 is 19.0 Å². The summed E-state index contributed by atoms with van der Waals surface area (Å²) in [6.45, 7) is 8.84. The van der Waals surface area contributed by atoms with Gasteiger partial charge in [-0.3, -0.25) is 14.5 Å². The van der Waals surface area contributed by atoms with Crippen LogP contribution in [0, 0.1) is 13.8 Å². The van der Waals surface area contributed by atoms with E-state index in [-0.39, 0.29) is 11.8 Å². The topological polar surface area (TPSA) is 66.2 Å². The van der Waals surface area contributed by atoms with Crippen molar-refractivity contribution in [3.63, 3.8) is 0 Å². The van der Waals surface area contributed by atoms with Gasteiger partial charge in [-0.1, -0.05) is 42.5 Å². The Balaban J connectivity index is 1.46. The molecule has 0 unspecified atom stereocenters. The lowest BCUT2D eigenvalue weighted by molar-refractivity contribution is -0.133. The number of aryl methyl sites for hydroxylation is 2. The van der Waals surface area contributed by atoms with E-state index >= 15 is 0 Å². The standard InChI is InChI=1S/C26H35N3O4/c1-21-20-24(22(2)33-21)26(31)29(18-19-32-3)13-11-25(30)28-16-14-27(15-17-28)12-7-10-23-8-5-4-6-9-23/h4-10,20H,11-19H2,1-3H3/b10-7+. The highest BCUT2D eigenvalue weighted by Crippen LogP contribution is 2.16. The van der Waals surface area contributed by atoms with E-state index in [2.05, 4.69) is 29.2 Å². The molecule has 2 amide bonds. The zero-order valence-electron chi connectivity index (χ0n) is 20.0. The Labute approximate surface area is 196 Å². The van der Waals surface area contributed by atoms with Crippen molar-refractivity contribution in [2.45, 2.75) is 20.3 Å². The van der Waals surface area contributed by atoms with Gasteiger partial charge in [0.15, 0.2) is 0 Å². The summed E-state index contributed by atoms with van der Waals surface area (Å²) >= 11 is 0. The van der Waals surface area contributed by atoms with Crippen molar-refractivity contribution in [3.05, 3.63) is 65.1 Å². The zero-order chi connectivity index (χ0) is 23.6. The summed E-state index contributed by atoms with van der Waals surface area (Å²) in [7, 11) is 1.61. The van der Waals surface area contributed by atoms with E-state index in [0.29, 0.717) is 56.3 Å². The van der Waals surface area contributed by atoms with Crippen LogP contribution >= 0.6 is 0 Å². The minimum absolute atomic E-state index is 0.0878.